The monoisotopic (exact) mass is 496 g/mol. The van der Waals surface area contributed by atoms with Crippen molar-refractivity contribution < 1.29 is 0 Å². The summed E-state index contributed by atoms with van der Waals surface area (Å²) < 4.78 is 0. The fourth-order valence-electron chi connectivity index (χ4n) is 5.02. The summed E-state index contributed by atoms with van der Waals surface area (Å²) >= 11 is 7.81. The lowest BCUT2D eigenvalue weighted by molar-refractivity contribution is 0.212. The van der Waals surface area contributed by atoms with Crippen LogP contribution in [-0.4, -0.2) is 41.0 Å². The number of hydrogen-bond acceptors (Lipinski definition) is 5. The molecule has 2 aromatic heterocycles. The van der Waals surface area contributed by atoms with E-state index in [2.05, 4.69) is 93.0 Å². The first-order chi connectivity index (χ1) is 17.3. The molecular weight excluding hydrogens is 472 g/mol. The summed E-state index contributed by atoms with van der Waals surface area (Å²) in [6, 6.07) is 29.9. The molecule has 0 bridgehead atoms. The smallest absolute Gasteiger partial charge is 0.141 e. The molecule has 35 heavy (non-hydrogen) atoms. The maximum Gasteiger partial charge on any atom is 0.141 e. The van der Waals surface area contributed by atoms with Crippen molar-refractivity contribution in [2.45, 2.75) is 6.04 Å². The third-order valence-electron chi connectivity index (χ3n) is 6.72. The summed E-state index contributed by atoms with van der Waals surface area (Å²) in [5.41, 5.74) is 4.98. The lowest BCUT2D eigenvalue weighted by Crippen LogP contribution is -2.48. The summed E-state index contributed by atoms with van der Waals surface area (Å²) in [4.78, 5) is 15.4. The molecule has 6 heteroatoms. The molecule has 0 spiro atoms. The Labute approximate surface area is 214 Å². The van der Waals surface area contributed by atoms with Crippen LogP contribution < -0.4 is 4.90 Å². The second kappa shape index (κ2) is 9.78. The summed E-state index contributed by atoms with van der Waals surface area (Å²) in [7, 11) is 0. The Kier molecular flexibility index (Phi) is 6.21. The fourth-order valence-corrected chi connectivity index (χ4v) is 6.05. The molecule has 0 saturated carbocycles. The fraction of sp³-hybridized carbons (Fsp3) is 0.172. The summed E-state index contributed by atoms with van der Waals surface area (Å²) in [6.45, 7) is 3.75. The Hall–Kier alpha value is -3.25. The van der Waals surface area contributed by atoms with Crippen molar-refractivity contribution in [3.05, 3.63) is 113 Å². The van der Waals surface area contributed by atoms with E-state index >= 15 is 0 Å². The van der Waals surface area contributed by atoms with Crippen LogP contribution in [0.5, 0.6) is 0 Å². The third kappa shape index (κ3) is 4.43. The van der Waals surface area contributed by atoms with Crippen LogP contribution in [0.25, 0.3) is 21.3 Å². The third-order valence-corrected chi connectivity index (χ3v) is 7.85. The van der Waals surface area contributed by atoms with E-state index in [-0.39, 0.29) is 6.04 Å². The number of piperazine rings is 1. The van der Waals surface area contributed by atoms with E-state index in [1.807, 2.05) is 12.1 Å². The minimum Gasteiger partial charge on any atom is -0.353 e. The van der Waals surface area contributed by atoms with Crippen LogP contribution in [0.3, 0.4) is 0 Å². The average Bonchev–Trinajstić information content (AvgIpc) is 3.36. The molecular formula is C29H25ClN4S. The molecule has 6 rings (SSSR count). The highest BCUT2D eigenvalue weighted by molar-refractivity contribution is 7.17. The lowest BCUT2D eigenvalue weighted by atomic mass is 9.96. The van der Waals surface area contributed by atoms with Gasteiger partial charge in [0.2, 0.25) is 0 Å². The Morgan fingerprint density at radius 2 is 1.37 bits per heavy atom. The molecule has 0 radical (unpaired) electrons. The van der Waals surface area contributed by atoms with E-state index in [4.69, 9.17) is 16.6 Å². The number of benzene rings is 3. The molecule has 1 fully saturated rings. The standard InChI is InChI=1S/C29H25ClN4S/c30-24-13-11-21(12-14-24)25-19-35-29-26(25)28(31-20-32-29)34-17-15-33(16-18-34)27(22-7-3-1-4-8-22)23-9-5-2-6-10-23/h1-14,19-20,27H,15-18H2. The van der Waals surface area contributed by atoms with Crippen molar-refractivity contribution >= 4 is 39.0 Å². The molecule has 3 aromatic carbocycles. The quantitative estimate of drug-likeness (QED) is 0.264. The van der Waals surface area contributed by atoms with E-state index in [9.17, 15) is 0 Å². The number of fused-ring (bicyclic) bond motifs is 1. The second-order valence-electron chi connectivity index (χ2n) is 8.78. The number of thiophene rings is 1. The zero-order chi connectivity index (χ0) is 23.6. The predicted molar refractivity (Wildman–Crippen MR) is 146 cm³/mol. The van der Waals surface area contributed by atoms with E-state index in [0.29, 0.717) is 0 Å². The van der Waals surface area contributed by atoms with E-state index in [1.54, 1.807) is 17.7 Å². The zero-order valence-electron chi connectivity index (χ0n) is 19.2. The topological polar surface area (TPSA) is 32.3 Å². The van der Waals surface area contributed by atoms with Crippen molar-refractivity contribution in [3.8, 4) is 11.1 Å². The Morgan fingerprint density at radius 3 is 2.00 bits per heavy atom. The van der Waals surface area contributed by atoms with Gasteiger partial charge in [-0.2, -0.15) is 0 Å². The van der Waals surface area contributed by atoms with E-state index < -0.39 is 0 Å². The minimum absolute atomic E-state index is 0.246. The molecule has 1 aliphatic rings. The molecule has 5 aromatic rings. The van der Waals surface area contributed by atoms with Gasteiger partial charge in [0.05, 0.1) is 11.4 Å². The summed E-state index contributed by atoms with van der Waals surface area (Å²) in [6.07, 6.45) is 1.70. The van der Waals surface area contributed by atoms with Crippen molar-refractivity contribution in [2.75, 3.05) is 31.1 Å². The van der Waals surface area contributed by atoms with Gasteiger partial charge in [-0.25, -0.2) is 9.97 Å². The second-order valence-corrected chi connectivity index (χ2v) is 10.1. The number of nitrogens with zero attached hydrogens (tertiary/aromatic N) is 4. The highest BCUT2D eigenvalue weighted by Crippen LogP contribution is 2.39. The molecule has 1 aliphatic heterocycles. The van der Waals surface area contributed by atoms with Crippen molar-refractivity contribution in [1.29, 1.82) is 0 Å². The summed E-state index contributed by atoms with van der Waals surface area (Å²) in [5.74, 6) is 1.02. The Bertz CT molecular complexity index is 1370. The van der Waals surface area contributed by atoms with Gasteiger partial charge in [0.15, 0.2) is 0 Å². The Morgan fingerprint density at radius 1 is 0.743 bits per heavy atom. The van der Waals surface area contributed by atoms with E-state index in [1.165, 1.54) is 16.7 Å². The molecule has 4 nitrogen and oxygen atoms in total. The number of hydrogen-bond donors (Lipinski definition) is 0. The number of anilines is 1. The van der Waals surface area contributed by atoms with Crippen LogP contribution in [0.15, 0.2) is 96.6 Å². The van der Waals surface area contributed by atoms with Crippen molar-refractivity contribution in [2.24, 2.45) is 0 Å². The molecule has 174 valence electrons. The zero-order valence-corrected chi connectivity index (χ0v) is 20.8. The van der Waals surface area contributed by atoms with Gasteiger partial charge in [0, 0.05) is 42.1 Å². The first kappa shape index (κ1) is 22.2. The van der Waals surface area contributed by atoms with Crippen LogP contribution in [0, 0.1) is 0 Å². The minimum atomic E-state index is 0.246. The molecule has 0 amide bonds. The highest BCUT2D eigenvalue weighted by Gasteiger charge is 2.28. The number of halogens is 1. The van der Waals surface area contributed by atoms with Crippen LogP contribution in [0.2, 0.25) is 5.02 Å². The van der Waals surface area contributed by atoms with Gasteiger partial charge in [-0.3, -0.25) is 4.90 Å². The largest absolute Gasteiger partial charge is 0.353 e. The number of rotatable bonds is 5. The van der Waals surface area contributed by atoms with Gasteiger partial charge in [-0.1, -0.05) is 84.4 Å². The highest BCUT2D eigenvalue weighted by atomic mass is 35.5. The first-order valence-electron chi connectivity index (χ1n) is 11.8. The van der Waals surface area contributed by atoms with Crippen molar-refractivity contribution in [1.82, 2.24) is 14.9 Å². The van der Waals surface area contributed by atoms with Gasteiger partial charge < -0.3 is 4.90 Å². The maximum atomic E-state index is 6.14. The maximum absolute atomic E-state index is 6.14. The van der Waals surface area contributed by atoms with Crippen LogP contribution in [0.4, 0.5) is 5.82 Å². The van der Waals surface area contributed by atoms with Gasteiger partial charge in [-0.15, -0.1) is 11.3 Å². The molecule has 0 N–H and O–H groups in total. The average molecular weight is 497 g/mol. The van der Waals surface area contributed by atoms with Gasteiger partial charge in [0.25, 0.3) is 0 Å². The normalized spacial score (nSPS) is 14.6. The summed E-state index contributed by atoms with van der Waals surface area (Å²) in [5, 5.41) is 4.06. The van der Waals surface area contributed by atoms with Crippen LogP contribution in [-0.2, 0) is 0 Å². The number of aromatic nitrogens is 2. The lowest BCUT2D eigenvalue weighted by Gasteiger charge is -2.40. The first-order valence-corrected chi connectivity index (χ1v) is 13.1. The Balaban J connectivity index is 1.30. The molecule has 0 aliphatic carbocycles. The van der Waals surface area contributed by atoms with Gasteiger partial charge in [-0.05, 0) is 28.8 Å². The van der Waals surface area contributed by atoms with Crippen molar-refractivity contribution in [3.63, 3.8) is 0 Å². The predicted octanol–water partition coefficient (Wildman–Crippen LogP) is 6.92. The molecule has 0 atom stereocenters. The van der Waals surface area contributed by atoms with Crippen LogP contribution >= 0.6 is 22.9 Å². The van der Waals surface area contributed by atoms with E-state index in [0.717, 1.165) is 52.8 Å². The van der Waals surface area contributed by atoms with Gasteiger partial charge >= 0.3 is 0 Å². The SMILES string of the molecule is Clc1ccc(-c2csc3ncnc(N4CCN(C(c5ccccc5)c5ccccc5)CC4)c23)cc1. The molecule has 3 heterocycles. The van der Waals surface area contributed by atoms with Gasteiger partial charge in [0.1, 0.15) is 17.0 Å². The van der Waals surface area contributed by atoms with Crippen LogP contribution in [0.1, 0.15) is 17.2 Å². The molecule has 1 saturated heterocycles. The molecule has 0 unspecified atom stereocenters.